The van der Waals surface area contributed by atoms with E-state index in [9.17, 15) is 96.6 Å². The van der Waals surface area contributed by atoms with E-state index in [1.165, 1.54) is 31.2 Å². The highest BCUT2D eigenvalue weighted by molar-refractivity contribution is 5.73. The topological polar surface area (TPSA) is 542 Å². The largest absolute Gasteiger partial charge is 0.490 e. The summed E-state index contributed by atoms with van der Waals surface area (Å²) >= 11 is 0. The lowest BCUT2D eigenvalue weighted by Gasteiger charge is -2.51. The number of hydrogen-bond donors (Lipinski definition) is 18. The Morgan fingerprint density at radius 3 is 1.74 bits per heavy atom. The van der Waals surface area contributed by atoms with Crippen molar-refractivity contribution in [2.75, 3.05) is 52.8 Å². The number of carbonyl (C=O) groups excluding carboxylic acids is 1. The summed E-state index contributed by atoms with van der Waals surface area (Å²) in [5.41, 5.74) is 3.60. The van der Waals surface area contributed by atoms with Gasteiger partial charge in [0.15, 0.2) is 37.7 Å². The van der Waals surface area contributed by atoms with E-state index < -0.39 is 234 Å². The van der Waals surface area contributed by atoms with E-state index >= 15 is 0 Å². The van der Waals surface area contributed by atoms with Gasteiger partial charge in [-0.15, -0.1) is 0 Å². The summed E-state index contributed by atoms with van der Waals surface area (Å²) < 4.78 is 76.6. The Kier molecular flexibility index (Phi) is 25.2. The van der Waals surface area contributed by atoms with Gasteiger partial charge in [0.25, 0.3) is 5.69 Å². The number of nitrogens with one attached hydrogen (secondary N) is 1. The molecule has 0 saturated carbocycles. The van der Waals surface area contributed by atoms with Crippen LogP contribution in [0.4, 0.5) is 5.69 Å². The molecule has 1 aromatic carbocycles. The number of aliphatic hydroxyl groups excluding tert-OH is 16. The minimum atomic E-state index is -2.23. The Hall–Kier alpha value is -3.27. The number of nitro groups is 1. The molecule has 6 aliphatic rings. The van der Waals surface area contributed by atoms with Crippen LogP contribution in [0.1, 0.15) is 39.5 Å². The van der Waals surface area contributed by atoms with Gasteiger partial charge in [0, 0.05) is 32.1 Å². The quantitative estimate of drug-likeness (QED) is 0.0233. The zero-order chi connectivity index (χ0) is 62.2. The Bertz CT molecular complexity index is 2220. The lowest BCUT2D eigenvalue weighted by Crippen LogP contribution is -2.70. The molecule has 6 saturated heterocycles. The van der Waals surface area contributed by atoms with Crippen molar-refractivity contribution in [1.29, 1.82) is 0 Å². The summed E-state index contributed by atoms with van der Waals surface area (Å²) in [5.74, 6) is -0.757. The summed E-state index contributed by atoms with van der Waals surface area (Å²) in [6.07, 6.45) is -48.5. The first-order chi connectivity index (χ1) is 40.4. The molecule has 17 unspecified atom stereocenters. The van der Waals surface area contributed by atoms with E-state index in [-0.39, 0.29) is 18.0 Å². The molecule has 0 radical (unpaired) electrons. The molecule has 35 heteroatoms. The molecule has 7 rings (SSSR count). The molecule has 1 aromatic rings. The minimum Gasteiger partial charge on any atom is -0.490 e. The van der Waals surface area contributed by atoms with Crippen LogP contribution in [0.25, 0.3) is 0 Å². The Labute approximate surface area is 484 Å². The van der Waals surface area contributed by atoms with Crippen molar-refractivity contribution >= 4 is 11.6 Å². The van der Waals surface area contributed by atoms with Crippen molar-refractivity contribution < 1.29 is 153 Å². The third-order valence-electron chi connectivity index (χ3n) is 15.5. The Morgan fingerprint density at radius 2 is 1.12 bits per heavy atom. The molecule has 6 fully saturated rings. The van der Waals surface area contributed by atoms with Gasteiger partial charge in [0.05, 0.1) is 50.2 Å². The first kappa shape index (κ1) is 69.2. The van der Waals surface area contributed by atoms with Crippen LogP contribution in [0.15, 0.2) is 24.3 Å². The van der Waals surface area contributed by atoms with Crippen LogP contribution in [0.2, 0.25) is 0 Å². The maximum atomic E-state index is 12.9. The number of ether oxygens (including phenoxy) is 13. The highest BCUT2D eigenvalue weighted by atomic mass is 16.8. The molecule has 19 N–H and O–H groups in total. The lowest BCUT2D eigenvalue weighted by atomic mass is 9.91. The highest BCUT2D eigenvalue weighted by Crippen LogP contribution is 2.38. The van der Waals surface area contributed by atoms with Gasteiger partial charge >= 0.3 is 0 Å². The number of nitrogens with two attached hydrogens (primary N) is 1. The van der Waals surface area contributed by atoms with Gasteiger partial charge in [-0.3, -0.25) is 14.9 Å². The second kappa shape index (κ2) is 31.0. The Morgan fingerprint density at radius 1 is 0.576 bits per heavy atom. The lowest BCUT2D eigenvalue weighted by molar-refractivity contribution is -0.391. The minimum absolute atomic E-state index is 0.0662. The second-order valence-corrected chi connectivity index (χ2v) is 21.6. The molecule has 85 heavy (non-hydrogen) atoms. The van der Waals surface area contributed by atoms with Crippen LogP contribution in [-0.4, -0.2) is 323 Å². The number of amides is 1. The van der Waals surface area contributed by atoms with Crippen molar-refractivity contribution in [3.8, 4) is 5.75 Å². The number of aliphatic hydroxyl groups is 16. The van der Waals surface area contributed by atoms with Gasteiger partial charge in [0.1, 0.15) is 140 Å². The number of nitrogens with zero attached hydrogens (tertiary/aromatic N) is 1. The highest BCUT2D eigenvalue weighted by Gasteiger charge is 2.58. The molecule has 6 aliphatic heterocycles. The molecule has 0 aliphatic carbocycles. The number of non-ortho nitro benzene ring substituents is 1. The predicted octanol–water partition coefficient (Wildman–Crippen LogP) is -9.39. The normalized spacial score (nSPS) is 44.4. The number of nitro benzene ring substituents is 1. The number of benzene rings is 1. The van der Waals surface area contributed by atoms with Crippen LogP contribution in [0.5, 0.6) is 5.75 Å². The van der Waals surface area contributed by atoms with Crippen LogP contribution in [0, 0.1) is 10.1 Å². The van der Waals surface area contributed by atoms with E-state index in [1.807, 2.05) is 0 Å². The molecular weight excluding hydrogens is 1150 g/mol. The molecule has 0 bridgehead atoms. The summed E-state index contributed by atoms with van der Waals surface area (Å²) in [6.45, 7) is -2.31. The van der Waals surface area contributed by atoms with Gasteiger partial charge in [-0.1, -0.05) is 0 Å². The molecule has 0 spiro atoms. The summed E-state index contributed by atoms with van der Waals surface area (Å²) in [4.78, 5) is 23.6. The average Bonchev–Trinajstić information content (AvgIpc) is 3.28. The van der Waals surface area contributed by atoms with Crippen molar-refractivity contribution in [1.82, 2.24) is 5.32 Å². The van der Waals surface area contributed by atoms with E-state index in [2.05, 4.69) is 5.32 Å². The molecule has 35 nitrogen and oxygen atoms in total. The molecule has 488 valence electrons. The number of rotatable bonds is 26. The first-order valence-electron chi connectivity index (χ1n) is 27.7. The van der Waals surface area contributed by atoms with E-state index in [4.69, 9.17) is 67.3 Å². The fourth-order valence-electron chi connectivity index (χ4n) is 10.6. The summed E-state index contributed by atoms with van der Waals surface area (Å²) in [5, 5.41) is 189. The summed E-state index contributed by atoms with van der Waals surface area (Å²) in [7, 11) is 0. The van der Waals surface area contributed by atoms with Crippen LogP contribution >= 0.6 is 0 Å². The van der Waals surface area contributed by atoms with Gasteiger partial charge < -0.3 is 154 Å². The molecular formula is C50H81N3O32. The van der Waals surface area contributed by atoms with Crippen molar-refractivity contribution in [3.63, 3.8) is 0 Å². The van der Waals surface area contributed by atoms with Crippen LogP contribution in [0.3, 0.4) is 0 Å². The maximum Gasteiger partial charge on any atom is 0.269 e. The molecule has 1 amide bonds. The number of hydrogen-bond acceptors (Lipinski definition) is 33. The third kappa shape index (κ3) is 16.2. The van der Waals surface area contributed by atoms with E-state index in [1.54, 1.807) is 0 Å². The van der Waals surface area contributed by atoms with Gasteiger partial charge in [-0.25, -0.2) is 0 Å². The Balaban J connectivity index is 1.08. The first-order valence-corrected chi connectivity index (χ1v) is 27.7. The SMILES string of the molecule is CC(=O)NC1C(O[C@@H]2OC(CO)[C@H](O)C(O)[C@@H]2O[C@@H]2OC(C)[C@@H](O)C(O)C2O)[C@@H](O)C(CO)O[C@H]1OC1C(O)[C@@H](O[C@H]2C(CO)O[C@@H](OCC3(COc4ccc([N+](=O)[O-])cc4)CC(O)C(O)[C@H](OCCCCCN)O3)C(O)C2O)OC(CO)[C@@H]1O. The van der Waals surface area contributed by atoms with Gasteiger partial charge in [0.2, 0.25) is 5.91 Å². The zero-order valence-corrected chi connectivity index (χ0v) is 46.2. The van der Waals surface area contributed by atoms with Crippen LogP contribution < -0.4 is 15.8 Å². The third-order valence-corrected chi connectivity index (χ3v) is 15.5. The molecule has 29 atom stereocenters. The average molecular weight is 1240 g/mol. The molecule has 0 aromatic heterocycles. The smallest absolute Gasteiger partial charge is 0.269 e. The standard InChI is InChI=1S/C50H81N3O32/c1-19-29(60)34(65)37(68)47(76-19)84-43-35(66)31(62)24(13-54)79-49(43)82-41-28(52-20(2)58)44(77-25(14-55)32(41)63)83-42-33(64)26(15-56)78-48(39(42)70)81-40-27(16-57)80-45(38(69)36(40)67)75-18-50(17-74-22-8-6-21(7-9-22)53(71)72)12-23(59)30(61)46(85-50)73-11-5-3-4-10-51/h6-9,19,23-49,54-57,59-70H,3-5,10-18,51H2,1-2H3,(H,52,58)/t19?,23?,24?,25?,26?,27?,28?,29-,30?,31+,32+,33+,34?,35?,36?,37?,38?,39?,40+,41?,42?,43+,44+,45-,46-,47+,48-,49+,50?/m1/s1. The number of carbonyl (C=O) groups is 1. The van der Waals surface area contributed by atoms with Crippen molar-refractivity contribution in [2.45, 2.75) is 217 Å². The van der Waals surface area contributed by atoms with Crippen molar-refractivity contribution in [2.24, 2.45) is 5.73 Å². The van der Waals surface area contributed by atoms with Gasteiger partial charge in [-0.2, -0.15) is 0 Å². The van der Waals surface area contributed by atoms with Crippen LogP contribution in [-0.2, 0) is 61.6 Å². The second-order valence-electron chi connectivity index (χ2n) is 21.6. The number of unbranched alkanes of at least 4 members (excludes halogenated alkanes) is 2. The zero-order valence-electron chi connectivity index (χ0n) is 46.2. The van der Waals surface area contributed by atoms with E-state index in [0.717, 1.165) is 6.92 Å². The molecule has 6 heterocycles. The summed E-state index contributed by atoms with van der Waals surface area (Å²) in [6, 6.07) is 3.14. The predicted molar refractivity (Wildman–Crippen MR) is 272 cm³/mol. The maximum absolute atomic E-state index is 12.9. The van der Waals surface area contributed by atoms with E-state index in [0.29, 0.717) is 25.8 Å². The van der Waals surface area contributed by atoms with Gasteiger partial charge in [-0.05, 0) is 44.9 Å². The fraction of sp³-hybridized carbons (Fsp3) is 0.860. The fourth-order valence-corrected chi connectivity index (χ4v) is 10.6. The van der Waals surface area contributed by atoms with Crippen molar-refractivity contribution in [3.05, 3.63) is 34.4 Å². The monoisotopic (exact) mass is 1240 g/mol.